The van der Waals surface area contributed by atoms with Crippen LogP contribution in [-0.4, -0.2) is 54.8 Å². The summed E-state index contributed by atoms with van der Waals surface area (Å²) in [6.07, 6.45) is 5.69. The van der Waals surface area contributed by atoms with Crippen LogP contribution in [0.5, 0.6) is 11.5 Å². The van der Waals surface area contributed by atoms with Gasteiger partial charge in [0.05, 0.1) is 13.2 Å². The highest BCUT2D eigenvalue weighted by molar-refractivity contribution is 5.64. The van der Waals surface area contributed by atoms with Gasteiger partial charge in [-0.2, -0.15) is 4.98 Å². The number of aryl methyl sites for hydroxylation is 2. The van der Waals surface area contributed by atoms with Gasteiger partial charge in [-0.05, 0) is 58.2 Å². The number of nitrogens with one attached hydrogen (secondary N) is 2. The molecule has 0 amide bonds. The van der Waals surface area contributed by atoms with Gasteiger partial charge < -0.3 is 25.0 Å². The second-order valence-electron chi connectivity index (χ2n) is 7.76. The average Bonchev–Trinajstić information content (AvgIpc) is 3.24. The van der Waals surface area contributed by atoms with Crippen molar-refractivity contribution >= 4 is 17.5 Å². The van der Waals surface area contributed by atoms with Crippen molar-refractivity contribution in [3.8, 4) is 11.5 Å². The molecule has 0 radical (unpaired) electrons. The molecule has 7 heteroatoms. The molecule has 7 nitrogen and oxygen atoms in total. The number of anilines is 3. The number of likely N-dealkylation sites (tertiary alicyclic amines) is 1. The first-order valence-electron chi connectivity index (χ1n) is 10.7. The molecule has 0 saturated carbocycles. The number of nitrogens with zero attached hydrogens (tertiary/aromatic N) is 3. The third-order valence-corrected chi connectivity index (χ3v) is 5.41. The highest BCUT2D eigenvalue weighted by atomic mass is 16.5. The van der Waals surface area contributed by atoms with Crippen LogP contribution in [0.2, 0.25) is 0 Å². The molecule has 3 heterocycles. The van der Waals surface area contributed by atoms with E-state index < -0.39 is 0 Å². The van der Waals surface area contributed by atoms with E-state index in [4.69, 9.17) is 9.47 Å². The number of ether oxygens (including phenoxy) is 2. The van der Waals surface area contributed by atoms with Crippen LogP contribution in [0.4, 0.5) is 17.5 Å². The fourth-order valence-electron chi connectivity index (χ4n) is 3.98. The number of rotatable bonds is 8. The van der Waals surface area contributed by atoms with Gasteiger partial charge >= 0.3 is 0 Å². The summed E-state index contributed by atoms with van der Waals surface area (Å²) in [5, 5.41) is 6.41. The molecule has 2 N–H and O–H groups in total. The molecular weight excluding hydrogens is 366 g/mol. The van der Waals surface area contributed by atoms with E-state index in [2.05, 4.69) is 31.6 Å². The molecule has 0 bridgehead atoms. The zero-order chi connectivity index (χ0) is 20.1. The minimum absolute atomic E-state index is 0.575. The Balaban J connectivity index is 1.47. The molecule has 0 unspecified atom stereocenters. The van der Waals surface area contributed by atoms with Crippen LogP contribution in [0.15, 0.2) is 18.2 Å². The van der Waals surface area contributed by atoms with Crippen LogP contribution in [0.25, 0.3) is 0 Å². The van der Waals surface area contributed by atoms with Crippen molar-refractivity contribution in [3.05, 3.63) is 29.5 Å². The fourth-order valence-corrected chi connectivity index (χ4v) is 3.98. The number of hydrogen-bond acceptors (Lipinski definition) is 7. The van der Waals surface area contributed by atoms with Crippen molar-refractivity contribution in [3.63, 3.8) is 0 Å². The maximum absolute atomic E-state index is 6.17. The molecule has 4 rings (SSSR count). The molecule has 2 aliphatic heterocycles. The molecule has 0 atom stereocenters. The zero-order valence-electron chi connectivity index (χ0n) is 17.5. The summed E-state index contributed by atoms with van der Waals surface area (Å²) in [6, 6.07) is 6.04. The largest absolute Gasteiger partial charge is 0.490 e. The summed E-state index contributed by atoms with van der Waals surface area (Å²) in [4.78, 5) is 11.5. The molecule has 1 aromatic carbocycles. The predicted octanol–water partition coefficient (Wildman–Crippen LogP) is 3.76. The Morgan fingerprint density at radius 2 is 2.00 bits per heavy atom. The molecule has 2 aliphatic rings. The SMILES string of the molecule is CNc1cc(C)nc(Nc2cc3c(c(OCCCN4CCCC4)c2)OCCC3)n1. The Labute approximate surface area is 172 Å². The minimum Gasteiger partial charge on any atom is -0.490 e. The first-order chi connectivity index (χ1) is 14.2. The third-order valence-electron chi connectivity index (χ3n) is 5.41. The Morgan fingerprint density at radius 1 is 1.14 bits per heavy atom. The van der Waals surface area contributed by atoms with Crippen molar-refractivity contribution in [2.45, 2.75) is 39.0 Å². The lowest BCUT2D eigenvalue weighted by molar-refractivity contribution is 0.235. The minimum atomic E-state index is 0.575. The number of benzene rings is 1. The van der Waals surface area contributed by atoms with Gasteiger partial charge in [-0.1, -0.05) is 0 Å². The standard InChI is InChI=1S/C22H31N5O2/c1-16-13-20(23-2)26-22(24-16)25-18-14-17-7-5-11-29-21(17)19(15-18)28-12-6-10-27-8-3-4-9-27/h13-15H,3-12H2,1-2H3,(H2,23,24,25,26). The number of fused-ring (bicyclic) bond motifs is 1. The van der Waals surface area contributed by atoms with Gasteiger partial charge in [0.1, 0.15) is 5.82 Å². The lowest BCUT2D eigenvalue weighted by Crippen LogP contribution is -2.22. The van der Waals surface area contributed by atoms with Crippen molar-refractivity contribution in [1.29, 1.82) is 0 Å². The fraction of sp³-hybridized carbons (Fsp3) is 0.545. The maximum Gasteiger partial charge on any atom is 0.229 e. The molecule has 0 aliphatic carbocycles. The van der Waals surface area contributed by atoms with Gasteiger partial charge in [-0.25, -0.2) is 4.98 Å². The van der Waals surface area contributed by atoms with E-state index in [9.17, 15) is 0 Å². The van der Waals surface area contributed by atoms with E-state index in [1.54, 1.807) is 0 Å². The highest BCUT2D eigenvalue weighted by Crippen LogP contribution is 2.38. The number of hydrogen-bond donors (Lipinski definition) is 2. The molecule has 156 valence electrons. The Morgan fingerprint density at radius 3 is 2.83 bits per heavy atom. The smallest absolute Gasteiger partial charge is 0.229 e. The molecule has 1 saturated heterocycles. The molecule has 0 spiro atoms. The predicted molar refractivity (Wildman–Crippen MR) is 116 cm³/mol. The van der Waals surface area contributed by atoms with Gasteiger partial charge in [-0.15, -0.1) is 0 Å². The molecule has 1 fully saturated rings. The first-order valence-corrected chi connectivity index (χ1v) is 10.7. The summed E-state index contributed by atoms with van der Waals surface area (Å²) < 4.78 is 12.1. The highest BCUT2D eigenvalue weighted by Gasteiger charge is 2.18. The molecule has 1 aromatic heterocycles. The molecule has 2 aromatic rings. The van der Waals surface area contributed by atoms with Gasteiger partial charge in [0.2, 0.25) is 5.95 Å². The maximum atomic E-state index is 6.17. The Bertz CT molecular complexity index is 836. The van der Waals surface area contributed by atoms with Gasteiger partial charge in [0.15, 0.2) is 11.5 Å². The third kappa shape index (κ3) is 5.09. The summed E-state index contributed by atoms with van der Waals surface area (Å²) >= 11 is 0. The topological polar surface area (TPSA) is 71.5 Å². The van der Waals surface area contributed by atoms with Crippen molar-refractivity contribution < 1.29 is 9.47 Å². The van der Waals surface area contributed by atoms with Crippen LogP contribution in [-0.2, 0) is 6.42 Å². The number of aromatic nitrogens is 2. The van der Waals surface area contributed by atoms with Crippen LogP contribution < -0.4 is 20.1 Å². The summed E-state index contributed by atoms with van der Waals surface area (Å²) in [6.45, 7) is 6.96. The van der Waals surface area contributed by atoms with E-state index in [1.807, 2.05) is 26.1 Å². The van der Waals surface area contributed by atoms with Crippen LogP contribution in [0.1, 0.15) is 36.9 Å². The van der Waals surface area contributed by atoms with Crippen molar-refractivity contribution in [2.24, 2.45) is 0 Å². The quantitative estimate of drug-likeness (QED) is 0.657. The summed E-state index contributed by atoms with van der Waals surface area (Å²) in [5.74, 6) is 3.07. The van der Waals surface area contributed by atoms with Crippen LogP contribution in [0, 0.1) is 6.92 Å². The summed E-state index contributed by atoms with van der Waals surface area (Å²) in [5.41, 5.74) is 3.01. The lowest BCUT2D eigenvalue weighted by Gasteiger charge is -2.22. The van der Waals surface area contributed by atoms with Crippen molar-refractivity contribution in [1.82, 2.24) is 14.9 Å². The Kier molecular flexibility index (Phi) is 6.34. The van der Waals surface area contributed by atoms with Crippen LogP contribution in [0.3, 0.4) is 0 Å². The monoisotopic (exact) mass is 397 g/mol. The first kappa shape index (κ1) is 19.8. The van der Waals surface area contributed by atoms with Crippen LogP contribution >= 0.6 is 0 Å². The van der Waals surface area contributed by atoms with E-state index in [1.165, 1.54) is 31.5 Å². The lowest BCUT2D eigenvalue weighted by atomic mass is 10.0. The normalized spacial score (nSPS) is 16.2. The van der Waals surface area contributed by atoms with Gasteiger partial charge in [0.25, 0.3) is 0 Å². The Hall–Kier alpha value is -2.54. The molecular formula is C22H31N5O2. The zero-order valence-corrected chi connectivity index (χ0v) is 17.5. The van der Waals surface area contributed by atoms with E-state index in [0.717, 1.165) is 61.1 Å². The van der Waals surface area contributed by atoms with E-state index in [0.29, 0.717) is 12.6 Å². The second kappa shape index (κ2) is 9.31. The molecule has 29 heavy (non-hydrogen) atoms. The van der Waals surface area contributed by atoms with Gasteiger partial charge in [-0.3, -0.25) is 0 Å². The van der Waals surface area contributed by atoms with Crippen molar-refractivity contribution in [2.75, 3.05) is 50.5 Å². The average molecular weight is 398 g/mol. The second-order valence-corrected chi connectivity index (χ2v) is 7.76. The van der Waals surface area contributed by atoms with Gasteiger partial charge in [0, 0.05) is 42.7 Å². The van der Waals surface area contributed by atoms with E-state index in [-0.39, 0.29) is 0 Å². The van der Waals surface area contributed by atoms with E-state index >= 15 is 0 Å². The summed E-state index contributed by atoms with van der Waals surface area (Å²) in [7, 11) is 1.86.